The largest absolute Gasteiger partial charge is 0.295 e. The summed E-state index contributed by atoms with van der Waals surface area (Å²) in [6.45, 7) is 7.45. The molecule has 0 spiro atoms. The highest BCUT2D eigenvalue weighted by Gasteiger charge is 2.14. The van der Waals surface area contributed by atoms with E-state index in [-0.39, 0.29) is 5.78 Å². The second-order valence-corrected chi connectivity index (χ2v) is 6.81. The summed E-state index contributed by atoms with van der Waals surface area (Å²) in [6.07, 6.45) is 0. The van der Waals surface area contributed by atoms with E-state index in [1.165, 1.54) is 16.0 Å². The number of benzene rings is 1. The third-order valence-electron chi connectivity index (χ3n) is 3.46. The Morgan fingerprint density at radius 2 is 1.90 bits per heavy atom. The molecule has 0 N–H and O–H groups in total. The van der Waals surface area contributed by atoms with Gasteiger partial charge < -0.3 is 0 Å². The summed E-state index contributed by atoms with van der Waals surface area (Å²) in [4.78, 5) is 16.7. The van der Waals surface area contributed by atoms with Gasteiger partial charge in [0, 0.05) is 21.9 Å². The van der Waals surface area contributed by atoms with Gasteiger partial charge in [-0.05, 0) is 45.0 Å². The number of likely N-dealkylation sites (N-methyl/N-ethyl adjacent to an activating group) is 1. The number of ketones is 1. The molecule has 0 fully saturated rings. The molecule has 0 radical (unpaired) electrons. The minimum Gasteiger partial charge on any atom is -0.295 e. The number of nitrogens with zero attached hydrogens (tertiary/aromatic N) is 1. The molecule has 2 nitrogen and oxygen atoms in total. The zero-order valence-corrected chi connectivity index (χ0v) is 13.4. The Hall–Kier alpha value is -1.45. The van der Waals surface area contributed by atoms with Gasteiger partial charge in [0.25, 0.3) is 0 Å². The summed E-state index contributed by atoms with van der Waals surface area (Å²) < 4.78 is 0. The van der Waals surface area contributed by atoms with Crippen molar-refractivity contribution in [1.82, 2.24) is 4.90 Å². The maximum atomic E-state index is 12.3. The van der Waals surface area contributed by atoms with E-state index < -0.39 is 0 Å². The molecule has 0 bridgehead atoms. The van der Waals surface area contributed by atoms with Crippen LogP contribution in [0, 0.1) is 20.8 Å². The molecule has 0 aliphatic rings. The molecule has 0 saturated heterocycles. The molecule has 0 amide bonds. The third kappa shape index (κ3) is 3.56. The number of hydrogen-bond donors (Lipinski definition) is 0. The molecule has 0 unspecified atom stereocenters. The minimum absolute atomic E-state index is 0.211. The summed E-state index contributed by atoms with van der Waals surface area (Å²) in [5, 5.41) is 0. The average molecular weight is 287 g/mol. The van der Waals surface area contributed by atoms with Crippen molar-refractivity contribution in [3.05, 3.63) is 56.8 Å². The quantitative estimate of drug-likeness (QED) is 0.775. The SMILES string of the molecule is Cc1cc(C(=O)CN(C)Cc2ccccc2C)c(C)s1. The zero-order chi connectivity index (χ0) is 14.7. The van der Waals surface area contributed by atoms with Crippen molar-refractivity contribution in [2.24, 2.45) is 0 Å². The molecule has 0 aliphatic heterocycles. The van der Waals surface area contributed by atoms with Gasteiger partial charge in [0.1, 0.15) is 0 Å². The van der Waals surface area contributed by atoms with E-state index in [1.807, 2.05) is 39.1 Å². The molecule has 2 rings (SSSR count). The molecule has 20 heavy (non-hydrogen) atoms. The average Bonchev–Trinajstić information content (AvgIpc) is 2.71. The maximum Gasteiger partial charge on any atom is 0.177 e. The first-order valence-electron chi connectivity index (χ1n) is 6.80. The molecule has 3 heteroatoms. The van der Waals surface area contributed by atoms with Crippen LogP contribution in [0.15, 0.2) is 30.3 Å². The smallest absolute Gasteiger partial charge is 0.177 e. The summed E-state index contributed by atoms with van der Waals surface area (Å²) in [5.41, 5.74) is 3.43. The zero-order valence-electron chi connectivity index (χ0n) is 12.6. The lowest BCUT2D eigenvalue weighted by Gasteiger charge is -2.17. The molecule has 0 aliphatic carbocycles. The predicted octanol–water partition coefficient (Wildman–Crippen LogP) is 3.99. The second-order valence-electron chi connectivity index (χ2n) is 5.35. The molecular formula is C17H21NOS. The Morgan fingerprint density at radius 1 is 1.20 bits per heavy atom. The molecular weight excluding hydrogens is 266 g/mol. The second kappa shape index (κ2) is 6.33. The molecule has 0 atom stereocenters. The Kier molecular flexibility index (Phi) is 4.73. The fraction of sp³-hybridized carbons (Fsp3) is 0.353. The van der Waals surface area contributed by atoms with Crippen LogP contribution >= 0.6 is 11.3 Å². The van der Waals surface area contributed by atoms with Crippen LogP contribution in [-0.2, 0) is 6.54 Å². The van der Waals surface area contributed by atoms with E-state index >= 15 is 0 Å². The van der Waals surface area contributed by atoms with E-state index in [9.17, 15) is 4.79 Å². The van der Waals surface area contributed by atoms with E-state index in [1.54, 1.807) is 11.3 Å². The normalized spacial score (nSPS) is 11.1. The highest BCUT2D eigenvalue weighted by atomic mass is 32.1. The maximum absolute atomic E-state index is 12.3. The van der Waals surface area contributed by atoms with E-state index in [4.69, 9.17) is 0 Å². The van der Waals surface area contributed by atoms with Gasteiger partial charge in [0.05, 0.1) is 6.54 Å². The van der Waals surface area contributed by atoms with Crippen LogP contribution in [0.4, 0.5) is 0 Å². The van der Waals surface area contributed by atoms with Crippen molar-refractivity contribution < 1.29 is 4.79 Å². The molecule has 1 aromatic carbocycles. The van der Waals surface area contributed by atoms with E-state index in [0.29, 0.717) is 6.54 Å². The van der Waals surface area contributed by atoms with Gasteiger partial charge in [0.2, 0.25) is 0 Å². The van der Waals surface area contributed by atoms with Gasteiger partial charge in [-0.2, -0.15) is 0 Å². The van der Waals surface area contributed by atoms with Crippen molar-refractivity contribution in [2.45, 2.75) is 27.3 Å². The van der Waals surface area contributed by atoms with Crippen molar-refractivity contribution in [3.63, 3.8) is 0 Å². The third-order valence-corrected chi connectivity index (χ3v) is 4.42. The Labute approximate surface area is 125 Å². The molecule has 106 valence electrons. The van der Waals surface area contributed by atoms with Gasteiger partial charge in [-0.15, -0.1) is 11.3 Å². The highest BCUT2D eigenvalue weighted by molar-refractivity contribution is 7.12. The lowest BCUT2D eigenvalue weighted by Crippen LogP contribution is -2.26. The summed E-state index contributed by atoms with van der Waals surface area (Å²) in [6, 6.07) is 10.3. The van der Waals surface area contributed by atoms with Gasteiger partial charge in [-0.1, -0.05) is 24.3 Å². The highest BCUT2D eigenvalue weighted by Crippen LogP contribution is 2.21. The molecule has 1 heterocycles. The fourth-order valence-corrected chi connectivity index (χ4v) is 3.31. The lowest BCUT2D eigenvalue weighted by molar-refractivity contribution is 0.0943. The predicted molar refractivity (Wildman–Crippen MR) is 85.6 cm³/mol. The lowest BCUT2D eigenvalue weighted by atomic mass is 10.1. The summed E-state index contributed by atoms with van der Waals surface area (Å²) >= 11 is 1.69. The van der Waals surface area contributed by atoms with Crippen molar-refractivity contribution in [2.75, 3.05) is 13.6 Å². The molecule has 0 saturated carbocycles. The van der Waals surface area contributed by atoms with Crippen molar-refractivity contribution in [3.8, 4) is 0 Å². The number of thiophene rings is 1. The first kappa shape index (κ1) is 14.9. The number of rotatable bonds is 5. The number of carbonyl (C=O) groups is 1. The summed E-state index contributed by atoms with van der Waals surface area (Å²) in [5.74, 6) is 0.211. The monoisotopic (exact) mass is 287 g/mol. The fourth-order valence-electron chi connectivity index (χ4n) is 2.37. The van der Waals surface area contributed by atoms with Crippen LogP contribution < -0.4 is 0 Å². The molecule has 1 aromatic heterocycles. The first-order chi connectivity index (χ1) is 9.47. The van der Waals surface area contributed by atoms with Crippen LogP contribution in [0.2, 0.25) is 0 Å². The number of aryl methyl sites for hydroxylation is 3. The first-order valence-corrected chi connectivity index (χ1v) is 7.62. The van der Waals surface area contributed by atoms with Crippen molar-refractivity contribution >= 4 is 17.1 Å². The Bertz CT molecular complexity index is 615. The number of carbonyl (C=O) groups excluding carboxylic acids is 1. The van der Waals surface area contributed by atoms with Crippen LogP contribution in [-0.4, -0.2) is 24.3 Å². The van der Waals surface area contributed by atoms with Crippen LogP contribution in [0.3, 0.4) is 0 Å². The van der Waals surface area contributed by atoms with Crippen molar-refractivity contribution in [1.29, 1.82) is 0 Å². The van der Waals surface area contributed by atoms with Gasteiger partial charge in [0.15, 0.2) is 5.78 Å². The van der Waals surface area contributed by atoms with Crippen LogP contribution in [0.1, 0.15) is 31.2 Å². The van der Waals surface area contributed by atoms with Crippen LogP contribution in [0.5, 0.6) is 0 Å². The number of Topliss-reactive ketones (excluding diaryl/α,β-unsaturated/α-hetero) is 1. The standard InChI is InChI=1S/C17H21NOS/c1-12-7-5-6-8-15(12)10-18(4)11-17(19)16-9-13(2)20-14(16)3/h5-9H,10-11H2,1-4H3. The topological polar surface area (TPSA) is 20.3 Å². The Balaban J connectivity index is 2.01. The number of hydrogen-bond acceptors (Lipinski definition) is 3. The molecule has 2 aromatic rings. The van der Waals surface area contributed by atoms with Crippen LogP contribution in [0.25, 0.3) is 0 Å². The minimum atomic E-state index is 0.211. The van der Waals surface area contributed by atoms with Gasteiger partial charge in [-0.25, -0.2) is 0 Å². The van der Waals surface area contributed by atoms with E-state index in [0.717, 1.165) is 17.0 Å². The summed E-state index contributed by atoms with van der Waals surface area (Å²) in [7, 11) is 2.00. The van der Waals surface area contributed by atoms with Gasteiger partial charge in [-0.3, -0.25) is 9.69 Å². The van der Waals surface area contributed by atoms with Gasteiger partial charge >= 0.3 is 0 Å². The Morgan fingerprint density at radius 3 is 2.50 bits per heavy atom. The van der Waals surface area contributed by atoms with E-state index in [2.05, 4.69) is 24.0 Å².